The van der Waals surface area contributed by atoms with Gasteiger partial charge in [-0.05, 0) is 13.8 Å². The highest BCUT2D eigenvalue weighted by Gasteiger charge is 2.52. The molecule has 6 nitrogen and oxygen atoms in total. The number of amides is 2. The monoisotopic (exact) mass is 304 g/mol. The highest BCUT2D eigenvalue weighted by molar-refractivity contribution is 5.76. The Bertz CT molecular complexity index is 577. The number of fused-ring (bicyclic) bond motifs is 1. The summed E-state index contributed by atoms with van der Waals surface area (Å²) in [7, 11) is 0. The molecule has 0 aromatic heterocycles. The fourth-order valence-electron chi connectivity index (χ4n) is 3.28. The van der Waals surface area contributed by atoms with Crippen LogP contribution < -0.4 is 0 Å². The first kappa shape index (κ1) is 14.0. The van der Waals surface area contributed by atoms with E-state index in [4.69, 9.17) is 14.3 Å². The second-order valence-corrected chi connectivity index (χ2v) is 6.63. The molecule has 3 aliphatic rings. The van der Waals surface area contributed by atoms with Crippen LogP contribution in [0.4, 0.5) is 4.79 Å². The van der Waals surface area contributed by atoms with Crippen molar-refractivity contribution in [2.75, 3.05) is 19.8 Å². The molecular weight excluding hydrogens is 284 g/mol. The SMILES string of the molecule is CC1(C)CN(C(=O)N2OC2c2ccccc2)C2COCC2O1. The zero-order valence-corrected chi connectivity index (χ0v) is 12.8. The molecule has 118 valence electrons. The summed E-state index contributed by atoms with van der Waals surface area (Å²) in [5.41, 5.74) is 0.616. The number of hydrogen-bond acceptors (Lipinski definition) is 4. The third-order valence-electron chi connectivity index (χ3n) is 4.32. The maximum absolute atomic E-state index is 12.8. The molecule has 0 radical (unpaired) electrons. The van der Waals surface area contributed by atoms with Crippen LogP contribution in [-0.2, 0) is 14.3 Å². The maximum Gasteiger partial charge on any atom is 0.347 e. The predicted octanol–water partition coefficient (Wildman–Crippen LogP) is 1.93. The summed E-state index contributed by atoms with van der Waals surface area (Å²) in [6.45, 7) is 5.61. The van der Waals surface area contributed by atoms with E-state index >= 15 is 0 Å². The Kier molecular flexibility index (Phi) is 3.14. The number of hydroxylamine groups is 2. The van der Waals surface area contributed by atoms with E-state index in [1.165, 1.54) is 5.06 Å². The Morgan fingerprint density at radius 1 is 1.23 bits per heavy atom. The van der Waals surface area contributed by atoms with E-state index in [0.717, 1.165) is 5.56 Å². The number of nitrogens with zero attached hydrogens (tertiary/aromatic N) is 2. The van der Waals surface area contributed by atoms with Crippen molar-refractivity contribution in [2.24, 2.45) is 0 Å². The number of carbonyl (C=O) groups is 1. The van der Waals surface area contributed by atoms with Gasteiger partial charge in [-0.2, -0.15) is 5.06 Å². The number of urea groups is 1. The molecule has 3 saturated heterocycles. The van der Waals surface area contributed by atoms with E-state index < -0.39 is 0 Å². The van der Waals surface area contributed by atoms with E-state index in [1.54, 1.807) is 0 Å². The van der Waals surface area contributed by atoms with E-state index in [2.05, 4.69) is 0 Å². The molecule has 4 rings (SSSR count). The van der Waals surface area contributed by atoms with Gasteiger partial charge in [0.05, 0.1) is 31.4 Å². The van der Waals surface area contributed by atoms with E-state index in [1.807, 2.05) is 49.1 Å². The van der Waals surface area contributed by atoms with Crippen molar-refractivity contribution in [3.8, 4) is 0 Å². The lowest BCUT2D eigenvalue weighted by Crippen LogP contribution is -2.60. The molecule has 22 heavy (non-hydrogen) atoms. The number of ether oxygens (including phenoxy) is 2. The fraction of sp³-hybridized carbons (Fsp3) is 0.562. The van der Waals surface area contributed by atoms with Gasteiger partial charge in [-0.15, -0.1) is 0 Å². The summed E-state index contributed by atoms with van der Waals surface area (Å²) in [6, 6.07) is 9.62. The third kappa shape index (κ3) is 2.37. The van der Waals surface area contributed by atoms with Crippen LogP contribution in [0.2, 0.25) is 0 Å². The summed E-state index contributed by atoms with van der Waals surface area (Å²) >= 11 is 0. The van der Waals surface area contributed by atoms with Crippen LogP contribution in [0.15, 0.2) is 30.3 Å². The summed E-state index contributed by atoms with van der Waals surface area (Å²) in [6.07, 6.45) is -0.330. The zero-order valence-electron chi connectivity index (χ0n) is 12.8. The normalized spacial score (nSPS) is 32.7. The predicted molar refractivity (Wildman–Crippen MR) is 77.8 cm³/mol. The van der Waals surface area contributed by atoms with Crippen molar-refractivity contribution in [2.45, 2.75) is 37.8 Å². The fourth-order valence-corrected chi connectivity index (χ4v) is 3.28. The minimum Gasteiger partial charge on any atom is -0.376 e. The number of carbonyl (C=O) groups excluding carboxylic acids is 1. The van der Waals surface area contributed by atoms with E-state index in [9.17, 15) is 4.79 Å². The molecule has 3 heterocycles. The molecule has 0 N–H and O–H groups in total. The number of morpholine rings is 1. The average molecular weight is 304 g/mol. The second-order valence-electron chi connectivity index (χ2n) is 6.63. The second kappa shape index (κ2) is 4.94. The number of benzene rings is 1. The topological polar surface area (TPSA) is 54.3 Å². The minimum absolute atomic E-state index is 0.0267. The van der Waals surface area contributed by atoms with Gasteiger partial charge >= 0.3 is 6.03 Å². The molecule has 1 aromatic rings. The van der Waals surface area contributed by atoms with Crippen molar-refractivity contribution < 1.29 is 19.1 Å². The van der Waals surface area contributed by atoms with Crippen molar-refractivity contribution in [1.82, 2.24) is 9.96 Å². The highest BCUT2D eigenvalue weighted by Crippen LogP contribution is 2.40. The summed E-state index contributed by atoms with van der Waals surface area (Å²) in [4.78, 5) is 20.1. The van der Waals surface area contributed by atoms with Crippen molar-refractivity contribution >= 4 is 6.03 Å². The van der Waals surface area contributed by atoms with Crippen molar-refractivity contribution in [1.29, 1.82) is 0 Å². The van der Waals surface area contributed by atoms with Crippen LogP contribution in [-0.4, -0.2) is 53.5 Å². The molecule has 6 heteroatoms. The van der Waals surface area contributed by atoms with Crippen LogP contribution in [0, 0.1) is 0 Å². The molecular formula is C16H20N2O4. The van der Waals surface area contributed by atoms with E-state index in [0.29, 0.717) is 19.8 Å². The Labute approximate surface area is 129 Å². The molecule has 3 aliphatic heterocycles. The van der Waals surface area contributed by atoms with Gasteiger partial charge in [-0.3, -0.25) is 0 Å². The Hall–Kier alpha value is -1.63. The summed E-state index contributed by atoms with van der Waals surface area (Å²) in [5.74, 6) is 0. The molecule has 1 aromatic carbocycles. The molecule has 0 spiro atoms. The first-order valence-electron chi connectivity index (χ1n) is 7.62. The summed E-state index contributed by atoms with van der Waals surface area (Å²) in [5, 5.41) is 1.44. The lowest BCUT2D eigenvalue weighted by atomic mass is 10.0. The first-order valence-corrected chi connectivity index (χ1v) is 7.62. The largest absolute Gasteiger partial charge is 0.376 e. The van der Waals surface area contributed by atoms with Crippen LogP contribution in [0.5, 0.6) is 0 Å². The number of rotatable bonds is 1. The Balaban J connectivity index is 1.50. The molecule has 0 saturated carbocycles. The number of hydrogen-bond donors (Lipinski definition) is 0. The first-order chi connectivity index (χ1) is 10.6. The van der Waals surface area contributed by atoms with Gasteiger partial charge in [-0.1, -0.05) is 30.3 Å². The van der Waals surface area contributed by atoms with Crippen molar-refractivity contribution in [3.63, 3.8) is 0 Å². The van der Waals surface area contributed by atoms with Gasteiger partial charge in [-0.25, -0.2) is 9.63 Å². The lowest BCUT2D eigenvalue weighted by molar-refractivity contribution is -0.138. The Morgan fingerprint density at radius 2 is 2.00 bits per heavy atom. The maximum atomic E-state index is 12.8. The third-order valence-corrected chi connectivity index (χ3v) is 4.32. The molecule has 3 fully saturated rings. The van der Waals surface area contributed by atoms with Gasteiger partial charge < -0.3 is 14.4 Å². The molecule has 3 unspecified atom stereocenters. The smallest absolute Gasteiger partial charge is 0.347 e. The van der Waals surface area contributed by atoms with Gasteiger partial charge in [0.2, 0.25) is 6.23 Å². The molecule has 3 atom stereocenters. The van der Waals surface area contributed by atoms with Gasteiger partial charge in [0, 0.05) is 5.56 Å². The molecule has 0 aliphatic carbocycles. The Morgan fingerprint density at radius 3 is 2.77 bits per heavy atom. The highest BCUT2D eigenvalue weighted by atomic mass is 16.8. The van der Waals surface area contributed by atoms with Gasteiger partial charge in [0.15, 0.2) is 0 Å². The molecule has 0 bridgehead atoms. The lowest BCUT2D eigenvalue weighted by Gasteiger charge is -2.44. The standard InChI is InChI=1S/C16H20N2O4/c1-16(2)10-17(12-8-20-9-13(12)21-16)15(19)18-14(22-18)11-6-4-3-5-7-11/h3-7,12-14H,8-10H2,1-2H3. The van der Waals surface area contributed by atoms with Gasteiger partial charge in [0.1, 0.15) is 6.10 Å². The van der Waals surface area contributed by atoms with Crippen LogP contribution in [0.3, 0.4) is 0 Å². The summed E-state index contributed by atoms with van der Waals surface area (Å²) < 4.78 is 11.5. The average Bonchev–Trinajstić information content (AvgIpc) is 3.17. The zero-order chi connectivity index (χ0) is 15.3. The van der Waals surface area contributed by atoms with Crippen LogP contribution in [0.25, 0.3) is 0 Å². The van der Waals surface area contributed by atoms with Crippen molar-refractivity contribution in [3.05, 3.63) is 35.9 Å². The quantitative estimate of drug-likeness (QED) is 0.744. The van der Waals surface area contributed by atoms with E-state index in [-0.39, 0.29) is 30.0 Å². The molecule has 2 amide bonds. The van der Waals surface area contributed by atoms with Crippen LogP contribution in [0.1, 0.15) is 25.6 Å². The van der Waals surface area contributed by atoms with Crippen LogP contribution >= 0.6 is 0 Å². The van der Waals surface area contributed by atoms with Gasteiger partial charge in [0.25, 0.3) is 0 Å². The minimum atomic E-state index is -0.372.